The van der Waals surface area contributed by atoms with Crippen molar-refractivity contribution < 1.29 is 19.8 Å². The van der Waals surface area contributed by atoms with E-state index in [-0.39, 0.29) is 29.4 Å². The molecule has 1 amide bonds. The Bertz CT molecular complexity index is 973. The van der Waals surface area contributed by atoms with Gasteiger partial charge in [-0.25, -0.2) is 9.50 Å². The highest BCUT2D eigenvalue weighted by Gasteiger charge is 2.20. The fourth-order valence-electron chi connectivity index (χ4n) is 2.59. The molecule has 0 aliphatic rings. The summed E-state index contributed by atoms with van der Waals surface area (Å²) in [6, 6.07) is 8.86. The maximum absolute atomic E-state index is 12.2. The lowest BCUT2D eigenvalue weighted by molar-refractivity contribution is -0.135. The number of carbonyl (C=O) groups excluding carboxylic acids is 1. The Morgan fingerprint density at radius 2 is 1.89 bits per heavy atom. The summed E-state index contributed by atoms with van der Waals surface area (Å²) in [4.78, 5) is 26.8. The summed E-state index contributed by atoms with van der Waals surface area (Å²) < 4.78 is 1.46. The van der Waals surface area contributed by atoms with Crippen LogP contribution in [0.25, 0.3) is 5.65 Å². The topological polar surface area (TPSA) is 117 Å². The lowest BCUT2D eigenvalue weighted by Crippen LogP contribution is -2.30. The van der Waals surface area contributed by atoms with Gasteiger partial charge < -0.3 is 15.5 Å². The molecule has 0 aliphatic carbocycles. The molecule has 0 saturated carbocycles. The molecule has 1 aromatic carbocycles. The average Bonchev–Trinajstić information content (AvgIpc) is 3.08. The molecule has 10 heteroatoms. The standard InChI is InChI=1S/C17H15ClN4O4.ClH/c18-11-4-1-10(2-5-11)3-6-12-7-13(23)15(16-20-9-21-22(12)16)17(26)19-8-14(24)25;/h1-2,4-5,7,9,23H,3,6,8H2,(H,19,26)(H,24,25);1H. The second-order valence-electron chi connectivity index (χ2n) is 5.59. The van der Waals surface area contributed by atoms with Crippen molar-refractivity contribution in [2.45, 2.75) is 12.8 Å². The number of carbonyl (C=O) groups is 2. The van der Waals surface area contributed by atoms with Crippen LogP contribution in [0.2, 0.25) is 5.02 Å². The van der Waals surface area contributed by atoms with Crippen molar-refractivity contribution in [3.8, 4) is 5.75 Å². The highest BCUT2D eigenvalue weighted by Crippen LogP contribution is 2.24. The van der Waals surface area contributed by atoms with Gasteiger partial charge in [-0.3, -0.25) is 9.59 Å². The molecule has 27 heavy (non-hydrogen) atoms. The molecule has 3 N–H and O–H groups in total. The first-order valence-corrected chi connectivity index (χ1v) is 8.12. The monoisotopic (exact) mass is 410 g/mol. The quantitative estimate of drug-likeness (QED) is 0.572. The number of carboxylic acids is 1. The van der Waals surface area contributed by atoms with Crippen LogP contribution in [0.1, 0.15) is 21.6 Å². The Labute approximate surface area is 165 Å². The number of halogens is 2. The Hall–Kier alpha value is -2.84. The lowest BCUT2D eigenvalue weighted by Gasteiger charge is -2.10. The van der Waals surface area contributed by atoms with Crippen molar-refractivity contribution in [1.29, 1.82) is 0 Å². The molecular weight excluding hydrogens is 395 g/mol. The number of nitrogens with zero attached hydrogens (tertiary/aromatic N) is 3. The number of aliphatic carboxylic acids is 1. The average molecular weight is 411 g/mol. The Morgan fingerprint density at radius 1 is 1.19 bits per heavy atom. The van der Waals surface area contributed by atoms with Crippen LogP contribution in [0.4, 0.5) is 0 Å². The van der Waals surface area contributed by atoms with E-state index in [1.165, 1.54) is 16.9 Å². The van der Waals surface area contributed by atoms with E-state index < -0.39 is 18.4 Å². The number of aryl methyl sites for hydroxylation is 2. The zero-order valence-electron chi connectivity index (χ0n) is 13.9. The molecule has 3 rings (SSSR count). The highest BCUT2D eigenvalue weighted by atomic mass is 35.5. The maximum atomic E-state index is 12.2. The van der Waals surface area contributed by atoms with Gasteiger partial charge in [0.05, 0.1) is 0 Å². The summed E-state index contributed by atoms with van der Waals surface area (Å²) in [6.07, 6.45) is 2.50. The van der Waals surface area contributed by atoms with E-state index in [0.29, 0.717) is 23.6 Å². The van der Waals surface area contributed by atoms with Crippen molar-refractivity contribution >= 4 is 41.5 Å². The van der Waals surface area contributed by atoms with E-state index in [2.05, 4.69) is 15.4 Å². The molecule has 142 valence electrons. The zero-order valence-corrected chi connectivity index (χ0v) is 15.5. The Morgan fingerprint density at radius 3 is 2.56 bits per heavy atom. The minimum absolute atomic E-state index is 0. The number of pyridine rings is 1. The van der Waals surface area contributed by atoms with Crippen LogP contribution >= 0.6 is 24.0 Å². The van der Waals surface area contributed by atoms with E-state index in [1.807, 2.05) is 12.1 Å². The molecule has 3 aromatic rings. The summed E-state index contributed by atoms with van der Waals surface area (Å²) >= 11 is 5.88. The van der Waals surface area contributed by atoms with Gasteiger partial charge in [0.2, 0.25) is 0 Å². The first-order chi connectivity index (χ1) is 12.5. The second-order valence-corrected chi connectivity index (χ2v) is 6.03. The highest BCUT2D eigenvalue weighted by molar-refractivity contribution is 6.30. The van der Waals surface area contributed by atoms with Crippen LogP contribution in [0, 0.1) is 0 Å². The van der Waals surface area contributed by atoms with Gasteiger partial charge in [-0.2, -0.15) is 5.10 Å². The summed E-state index contributed by atoms with van der Waals surface area (Å²) in [7, 11) is 0. The summed E-state index contributed by atoms with van der Waals surface area (Å²) in [5, 5.41) is 25.9. The number of rotatable bonds is 6. The van der Waals surface area contributed by atoms with E-state index in [9.17, 15) is 14.7 Å². The number of hydrogen-bond donors (Lipinski definition) is 3. The molecule has 0 atom stereocenters. The van der Waals surface area contributed by atoms with E-state index in [4.69, 9.17) is 16.7 Å². The van der Waals surface area contributed by atoms with Gasteiger partial charge in [-0.1, -0.05) is 23.7 Å². The third-order valence-corrected chi connectivity index (χ3v) is 4.07. The second kappa shape index (κ2) is 8.70. The minimum atomic E-state index is -1.19. The van der Waals surface area contributed by atoms with Crippen LogP contribution < -0.4 is 5.32 Å². The number of nitrogens with one attached hydrogen (secondary N) is 1. The normalized spacial score (nSPS) is 10.4. The van der Waals surface area contributed by atoms with Crippen LogP contribution in [0.15, 0.2) is 36.7 Å². The fraction of sp³-hybridized carbons (Fsp3) is 0.176. The SMILES string of the molecule is Cl.O=C(O)CNC(=O)c1c(O)cc(CCc2ccc(Cl)cc2)n2ncnc12. The number of hydrogen-bond acceptors (Lipinski definition) is 5. The molecular formula is C17H16Cl2N4O4. The molecule has 0 saturated heterocycles. The smallest absolute Gasteiger partial charge is 0.322 e. The van der Waals surface area contributed by atoms with Crippen molar-refractivity contribution in [3.63, 3.8) is 0 Å². The van der Waals surface area contributed by atoms with Crippen LogP contribution in [-0.2, 0) is 17.6 Å². The molecule has 0 spiro atoms. The largest absolute Gasteiger partial charge is 0.507 e. The Balaban J connectivity index is 0.00000261. The fourth-order valence-corrected chi connectivity index (χ4v) is 2.72. The predicted molar refractivity (Wildman–Crippen MR) is 101 cm³/mol. The molecule has 0 bridgehead atoms. The van der Waals surface area contributed by atoms with Gasteiger partial charge in [0.1, 0.15) is 24.2 Å². The molecule has 0 fully saturated rings. The number of aromatic nitrogens is 3. The van der Waals surface area contributed by atoms with Crippen molar-refractivity contribution in [2.24, 2.45) is 0 Å². The number of aromatic hydroxyl groups is 1. The zero-order chi connectivity index (χ0) is 18.7. The number of carboxylic acid groups (broad SMARTS) is 1. The van der Waals surface area contributed by atoms with Gasteiger partial charge in [-0.05, 0) is 30.5 Å². The van der Waals surface area contributed by atoms with Gasteiger partial charge in [0.15, 0.2) is 5.65 Å². The molecule has 0 radical (unpaired) electrons. The van der Waals surface area contributed by atoms with Gasteiger partial charge in [0, 0.05) is 16.8 Å². The summed E-state index contributed by atoms with van der Waals surface area (Å²) in [6.45, 7) is -0.559. The number of fused-ring (bicyclic) bond motifs is 1. The van der Waals surface area contributed by atoms with Gasteiger partial charge >= 0.3 is 5.97 Å². The Kier molecular flexibility index (Phi) is 6.59. The van der Waals surface area contributed by atoms with Crippen LogP contribution in [0.5, 0.6) is 5.75 Å². The molecule has 2 aromatic heterocycles. The number of amides is 1. The lowest BCUT2D eigenvalue weighted by atomic mass is 10.1. The van der Waals surface area contributed by atoms with Gasteiger partial charge in [-0.15, -0.1) is 12.4 Å². The van der Waals surface area contributed by atoms with Crippen molar-refractivity contribution in [2.75, 3.05) is 6.54 Å². The third kappa shape index (κ3) is 4.66. The van der Waals surface area contributed by atoms with Gasteiger partial charge in [0.25, 0.3) is 5.91 Å². The van der Waals surface area contributed by atoms with Crippen LogP contribution in [0.3, 0.4) is 0 Å². The summed E-state index contributed by atoms with van der Waals surface area (Å²) in [5.74, 6) is -2.19. The van der Waals surface area contributed by atoms with E-state index >= 15 is 0 Å². The third-order valence-electron chi connectivity index (χ3n) is 3.81. The van der Waals surface area contributed by atoms with E-state index in [0.717, 1.165) is 5.56 Å². The number of benzene rings is 1. The maximum Gasteiger partial charge on any atom is 0.322 e. The first-order valence-electron chi connectivity index (χ1n) is 7.74. The van der Waals surface area contributed by atoms with Crippen LogP contribution in [-0.4, -0.2) is 43.2 Å². The minimum Gasteiger partial charge on any atom is -0.507 e. The predicted octanol–water partition coefficient (Wildman–Crippen LogP) is 2.11. The molecule has 0 aliphatic heterocycles. The van der Waals surface area contributed by atoms with E-state index in [1.54, 1.807) is 12.1 Å². The molecule has 8 nitrogen and oxygen atoms in total. The summed E-state index contributed by atoms with van der Waals surface area (Å²) in [5.41, 5.74) is 1.78. The van der Waals surface area contributed by atoms with Crippen molar-refractivity contribution in [3.05, 3.63) is 58.5 Å². The molecule has 0 unspecified atom stereocenters. The molecule has 2 heterocycles. The first kappa shape index (κ1) is 20.5. The van der Waals surface area contributed by atoms with Crippen molar-refractivity contribution in [1.82, 2.24) is 19.9 Å².